The van der Waals surface area contributed by atoms with Gasteiger partial charge in [-0.3, -0.25) is 14.5 Å². The van der Waals surface area contributed by atoms with Gasteiger partial charge in [-0.2, -0.15) is 13.2 Å². The number of urea groups is 1. The molecule has 2 aliphatic rings. The zero-order chi connectivity index (χ0) is 23.2. The van der Waals surface area contributed by atoms with Crippen LogP contribution in [-0.4, -0.2) is 52.8 Å². The van der Waals surface area contributed by atoms with Crippen LogP contribution in [0.15, 0.2) is 35.4 Å². The van der Waals surface area contributed by atoms with E-state index >= 15 is 0 Å². The second-order valence-corrected chi connectivity index (χ2v) is 7.85. The second kappa shape index (κ2) is 7.84. The van der Waals surface area contributed by atoms with Gasteiger partial charge in [-0.1, -0.05) is 0 Å². The van der Waals surface area contributed by atoms with Crippen LogP contribution in [0, 0.1) is 0 Å². The summed E-state index contributed by atoms with van der Waals surface area (Å²) in [6.07, 6.45) is -0.926. The van der Waals surface area contributed by atoms with Crippen LogP contribution in [0.2, 0.25) is 0 Å². The number of pyridine rings is 2. The Bertz CT molecular complexity index is 1130. The number of nitrogens with one attached hydrogen (secondary N) is 2. The maximum Gasteiger partial charge on any atom is 0.408 e. The molecule has 32 heavy (non-hydrogen) atoms. The highest BCUT2D eigenvalue weighted by molar-refractivity contribution is 6.05. The molecule has 170 valence electrons. The van der Waals surface area contributed by atoms with E-state index in [-0.39, 0.29) is 28.7 Å². The number of carbonyl (C=O) groups excluding carboxylic acids is 2. The molecule has 0 spiro atoms. The Labute approximate surface area is 180 Å². The van der Waals surface area contributed by atoms with Crippen LogP contribution in [0.1, 0.15) is 23.8 Å². The van der Waals surface area contributed by atoms with Crippen LogP contribution in [0.25, 0.3) is 0 Å². The summed E-state index contributed by atoms with van der Waals surface area (Å²) in [6.45, 7) is 2.04. The van der Waals surface area contributed by atoms with Crippen molar-refractivity contribution in [1.29, 1.82) is 0 Å². The summed E-state index contributed by atoms with van der Waals surface area (Å²) in [4.78, 5) is 45.2. The summed E-state index contributed by atoms with van der Waals surface area (Å²) in [7, 11) is 1.70. The normalized spacial score (nSPS) is 18.2. The third-order valence-corrected chi connectivity index (χ3v) is 5.54. The van der Waals surface area contributed by atoms with Gasteiger partial charge in [-0.05, 0) is 25.5 Å². The fourth-order valence-corrected chi connectivity index (χ4v) is 3.80. The molecule has 2 aromatic rings. The number of aryl methyl sites for hydroxylation is 1. The maximum atomic E-state index is 13.1. The fourth-order valence-electron chi connectivity index (χ4n) is 3.80. The van der Waals surface area contributed by atoms with Gasteiger partial charge >= 0.3 is 12.2 Å². The average molecular weight is 450 g/mol. The lowest BCUT2D eigenvalue weighted by Gasteiger charge is -2.35. The van der Waals surface area contributed by atoms with Crippen molar-refractivity contribution in [2.24, 2.45) is 7.05 Å². The summed E-state index contributed by atoms with van der Waals surface area (Å²) < 4.78 is 40.1. The zero-order valence-corrected chi connectivity index (χ0v) is 17.3. The van der Waals surface area contributed by atoms with Gasteiger partial charge in [0, 0.05) is 38.6 Å². The molecule has 0 aliphatic carbocycles. The number of halogens is 3. The minimum absolute atomic E-state index is 0.0786. The van der Waals surface area contributed by atoms with Crippen molar-refractivity contribution in [3.8, 4) is 0 Å². The van der Waals surface area contributed by atoms with Crippen LogP contribution in [-0.2, 0) is 7.05 Å². The zero-order valence-electron chi connectivity index (χ0n) is 17.3. The molecule has 9 nitrogen and oxygen atoms in total. The first-order valence-corrected chi connectivity index (χ1v) is 9.94. The number of hydrogen-bond acceptors (Lipinski definition) is 5. The predicted octanol–water partition coefficient (Wildman–Crippen LogP) is 2.09. The predicted molar refractivity (Wildman–Crippen MR) is 111 cm³/mol. The first kappa shape index (κ1) is 21.7. The van der Waals surface area contributed by atoms with E-state index in [0.29, 0.717) is 25.2 Å². The maximum absolute atomic E-state index is 13.1. The van der Waals surface area contributed by atoms with Gasteiger partial charge < -0.3 is 20.1 Å². The highest BCUT2D eigenvalue weighted by Crippen LogP contribution is 2.39. The molecule has 0 radical (unpaired) electrons. The van der Waals surface area contributed by atoms with Crippen LogP contribution in [0.3, 0.4) is 0 Å². The van der Waals surface area contributed by atoms with Crippen LogP contribution >= 0.6 is 0 Å². The van der Waals surface area contributed by atoms with Crippen molar-refractivity contribution in [1.82, 2.24) is 14.9 Å². The van der Waals surface area contributed by atoms with Crippen molar-refractivity contribution in [2.75, 3.05) is 28.2 Å². The molecule has 0 aromatic carbocycles. The molecule has 1 saturated heterocycles. The highest BCUT2D eigenvalue weighted by atomic mass is 19.4. The first-order chi connectivity index (χ1) is 15.0. The highest BCUT2D eigenvalue weighted by Gasteiger charge is 2.41. The number of rotatable bonds is 3. The van der Waals surface area contributed by atoms with Crippen molar-refractivity contribution >= 4 is 29.1 Å². The summed E-state index contributed by atoms with van der Waals surface area (Å²) in [5, 5.41) is 4.47. The Morgan fingerprint density at radius 3 is 2.72 bits per heavy atom. The molecule has 4 heterocycles. The van der Waals surface area contributed by atoms with Crippen molar-refractivity contribution in [3.05, 3.63) is 46.5 Å². The lowest BCUT2D eigenvalue weighted by Crippen LogP contribution is -2.49. The molecule has 0 unspecified atom stereocenters. The number of hydrogen-bond donors (Lipinski definition) is 2. The van der Waals surface area contributed by atoms with Gasteiger partial charge in [0.1, 0.15) is 17.4 Å². The number of carbonyl (C=O) groups is 2. The summed E-state index contributed by atoms with van der Waals surface area (Å²) in [5.41, 5.74) is 0.0601. The van der Waals surface area contributed by atoms with Gasteiger partial charge in [0.05, 0.1) is 11.7 Å². The van der Waals surface area contributed by atoms with Gasteiger partial charge in [0.15, 0.2) is 5.82 Å². The lowest BCUT2D eigenvalue weighted by molar-refractivity contribution is -0.149. The molecular weight excluding hydrogens is 429 g/mol. The summed E-state index contributed by atoms with van der Waals surface area (Å²) in [5.74, 6) is -0.834. The number of alkyl halides is 3. The average Bonchev–Trinajstić information content (AvgIpc) is 3.14. The number of fused-ring (bicyclic) bond motifs is 4. The smallest absolute Gasteiger partial charge is 0.366 e. The molecular formula is C20H21F3N6O3. The third kappa shape index (κ3) is 3.99. The van der Waals surface area contributed by atoms with Crippen LogP contribution in [0.4, 0.5) is 35.2 Å². The van der Waals surface area contributed by atoms with E-state index in [9.17, 15) is 27.6 Å². The largest absolute Gasteiger partial charge is 0.408 e. The molecule has 2 N–H and O–H groups in total. The number of amides is 3. The van der Waals surface area contributed by atoms with Gasteiger partial charge in [0.25, 0.3) is 5.91 Å². The fraction of sp³-hybridized carbons (Fsp3) is 0.400. The Morgan fingerprint density at radius 1 is 1.25 bits per heavy atom. The Morgan fingerprint density at radius 2 is 2.00 bits per heavy atom. The molecule has 2 aliphatic heterocycles. The topological polar surface area (TPSA) is 99.6 Å². The van der Waals surface area contributed by atoms with Crippen molar-refractivity contribution in [2.45, 2.75) is 31.6 Å². The Kier molecular flexibility index (Phi) is 5.31. The number of nitrogens with zero attached hydrogens (tertiary/aromatic N) is 4. The molecule has 0 saturated carbocycles. The van der Waals surface area contributed by atoms with Crippen molar-refractivity contribution < 1.29 is 22.8 Å². The number of anilines is 3. The van der Waals surface area contributed by atoms with E-state index in [1.165, 1.54) is 23.2 Å². The van der Waals surface area contributed by atoms with E-state index in [1.54, 1.807) is 23.9 Å². The molecule has 3 amide bonds. The Balaban J connectivity index is 1.65. The minimum atomic E-state index is -4.59. The lowest BCUT2D eigenvalue weighted by atomic mass is 10.1. The van der Waals surface area contributed by atoms with Crippen LogP contribution in [0.5, 0.6) is 0 Å². The van der Waals surface area contributed by atoms with E-state index in [2.05, 4.69) is 10.3 Å². The van der Waals surface area contributed by atoms with Gasteiger partial charge in [0.2, 0.25) is 5.43 Å². The molecule has 2 aromatic heterocycles. The summed E-state index contributed by atoms with van der Waals surface area (Å²) in [6, 6.07) is 1.31. The second-order valence-electron chi connectivity index (χ2n) is 7.85. The van der Waals surface area contributed by atoms with Gasteiger partial charge in [-0.15, -0.1) is 0 Å². The first-order valence-electron chi connectivity index (χ1n) is 9.94. The standard InChI is InChI=1S/C20H21F3N6O3/c1-11(20(21,22)23)24-18(31)13-3-4-15-17(25-13)29(12-5-8-28(15)9-12)19(32)26-14-10-27(2)7-6-16(14)30/h3-4,6-7,10-12H,5,8-9H2,1-2H3,(H,24,31)(H,26,32)/t11-,12+/m1/s1. The summed E-state index contributed by atoms with van der Waals surface area (Å²) >= 11 is 0. The minimum Gasteiger partial charge on any atom is -0.366 e. The SMILES string of the molecule is C[C@@H](NC(=O)c1ccc2c(n1)N(C(=O)Nc1cn(C)ccc1=O)[C@H]1CCN2C1)C(F)(F)F. The van der Waals surface area contributed by atoms with Crippen molar-refractivity contribution in [3.63, 3.8) is 0 Å². The van der Waals surface area contributed by atoms with E-state index in [0.717, 1.165) is 6.92 Å². The van der Waals surface area contributed by atoms with E-state index in [4.69, 9.17) is 0 Å². The van der Waals surface area contributed by atoms with Gasteiger partial charge in [-0.25, -0.2) is 9.78 Å². The number of aromatic nitrogens is 2. The van der Waals surface area contributed by atoms with E-state index < -0.39 is 24.2 Å². The molecule has 4 rings (SSSR count). The quantitative estimate of drug-likeness (QED) is 0.746. The molecule has 2 atom stereocenters. The molecule has 1 fully saturated rings. The third-order valence-electron chi connectivity index (χ3n) is 5.54. The monoisotopic (exact) mass is 450 g/mol. The Hall–Kier alpha value is -3.57. The van der Waals surface area contributed by atoms with Crippen LogP contribution < -0.4 is 25.9 Å². The van der Waals surface area contributed by atoms with E-state index in [1.807, 2.05) is 10.2 Å². The molecule has 12 heteroatoms. The molecule has 2 bridgehead atoms.